The molecule has 1 aromatic carbocycles. The average Bonchev–Trinajstić information content (AvgIpc) is 2.29. The van der Waals surface area contributed by atoms with Crippen LogP contribution in [-0.2, 0) is 0 Å². The summed E-state index contributed by atoms with van der Waals surface area (Å²) in [5.41, 5.74) is 0.754. The molecule has 0 aromatic heterocycles. The predicted molar refractivity (Wildman–Crippen MR) is 84.9 cm³/mol. The fourth-order valence-corrected chi connectivity index (χ4v) is 2.52. The Balaban J connectivity index is 2.23. The van der Waals surface area contributed by atoms with E-state index in [0.29, 0.717) is 6.61 Å². The lowest BCUT2D eigenvalue weighted by Crippen LogP contribution is -2.38. The zero-order chi connectivity index (χ0) is 14.5. The molecule has 0 aliphatic rings. The first kappa shape index (κ1) is 16.3. The smallest absolute Gasteiger partial charge is 0.188 e. The molecule has 0 aliphatic heterocycles. The van der Waals surface area contributed by atoms with E-state index in [-0.39, 0.29) is 5.04 Å². The van der Waals surface area contributed by atoms with Crippen molar-refractivity contribution in [3.8, 4) is 5.75 Å². The van der Waals surface area contributed by atoms with Crippen LogP contribution in [0.2, 0.25) is 18.1 Å². The molecule has 0 amide bonds. The molecule has 1 N–H and O–H groups in total. The molecule has 0 saturated carbocycles. The van der Waals surface area contributed by atoms with Gasteiger partial charge < -0.3 is 9.53 Å². The lowest BCUT2D eigenvalue weighted by molar-refractivity contribution is 0.300. The third kappa shape index (κ3) is 5.41. The van der Waals surface area contributed by atoms with Crippen molar-refractivity contribution < 1.29 is 9.53 Å². The largest absolute Gasteiger partial charge is 0.494 e. The van der Waals surface area contributed by atoms with Crippen LogP contribution in [0.5, 0.6) is 5.75 Å². The zero-order valence-corrected chi connectivity index (χ0v) is 13.6. The molecule has 0 heterocycles. The fourth-order valence-electron chi connectivity index (χ4n) is 1.73. The molecule has 0 aliphatic carbocycles. The van der Waals surface area contributed by atoms with E-state index in [1.807, 2.05) is 37.4 Å². The van der Waals surface area contributed by atoms with Gasteiger partial charge in [-0.15, -0.1) is 0 Å². The summed E-state index contributed by atoms with van der Waals surface area (Å²) >= 11 is 0. The van der Waals surface area contributed by atoms with Gasteiger partial charge in [-0.05, 0) is 49.5 Å². The molecule has 0 bridgehead atoms. The van der Waals surface area contributed by atoms with Gasteiger partial charge in [0, 0.05) is 0 Å². The van der Waals surface area contributed by atoms with Gasteiger partial charge in [0.05, 0.1) is 6.61 Å². The van der Waals surface area contributed by atoms with Crippen LogP contribution in [0.15, 0.2) is 24.3 Å². The van der Waals surface area contributed by atoms with E-state index in [0.717, 1.165) is 30.5 Å². The van der Waals surface area contributed by atoms with Gasteiger partial charge in [-0.25, -0.2) is 0 Å². The molecule has 0 fully saturated rings. The molecule has 4 heteroatoms. The molecular formula is C15H25BO2Si. The van der Waals surface area contributed by atoms with E-state index in [1.165, 1.54) is 0 Å². The molecule has 0 unspecified atom stereocenters. The van der Waals surface area contributed by atoms with Crippen molar-refractivity contribution >= 4 is 21.6 Å². The second-order valence-corrected chi connectivity index (χ2v) is 10.8. The number of rotatable bonds is 7. The van der Waals surface area contributed by atoms with Gasteiger partial charge in [0.1, 0.15) is 13.6 Å². The monoisotopic (exact) mass is 276 g/mol. The van der Waals surface area contributed by atoms with Crippen molar-refractivity contribution in [2.45, 2.75) is 51.2 Å². The minimum atomic E-state index is -2.07. The summed E-state index contributed by atoms with van der Waals surface area (Å²) in [7, 11) is 3.55. The summed E-state index contributed by atoms with van der Waals surface area (Å²) in [4.78, 5) is 10.2. The van der Waals surface area contributed by atoms with Gasteiger partial charge in [-0.3, -0.25) is 0 Å². The highest BCUT2D eigenvalue weighted by Crippen LogP contribution is 2.39. The maximum absolute atomic E-state index is 10.2. The Labute approximate surface area is 119 Å². The number of unbranched alkanes of at least 4 members (excludes halogenated alkanes) is 1. The van der Waals surface area contributed by atoms with Crippen molar-refractivity contribution in [3.63, 3.8) is 0 Å². The topological polar surface area (TPSA) is 29.5 Å². The summed E-state index contributed by atoms with van der Waals surface area (Å²) in [6.07, 6.45) is 3.14. The molecule has 1 rings (SSSR count). The third-order valence-electron chi connectivity index (χ3n) is 4.00. The Hall–Kier alpha value is -0.738. The molecule has 19 heavy (non-hydrogen) atoms. The van der Waals surface area contributed by atoms with Crippen LogP contribution < -0.4 is 10.2 Å². The summed E-state index contributed by atoms with van der Waals surface area (Å²) in [6, 6.07) is 7.47. The van der Waals surface area contributed by atoms with Crippen molar-refractivity contribution in [3.05, 3.63) is 24.3 Å². The molecule has 2 radical (unpaired) electrons. The second-order valence-electron chi connectivity index (χ2n) is 6.32. The molecule has 2 nitrogen and oxygen atoms in total. The summed E-state index contributed by atoms with van der Waals surface area (Å²) in [5, 5.41) is 0.0637. The highest BCUT2D eigenvalue weighted by molar-refractivity contribution is 6.72. The van der Waals surface area contributed by atoms with Crippen LogP contribution in [0, 0.1) is 0 Å². The fraction of sp³-hybridized carbons (Fsp3) is 0.600. The maximum atomic E-state index is 10.2. The van der Waals surface area contributed by atoms with E-state index < -0.39 is 8.32 Å². The van der Waals surface area contributed by atoms with Crippen LogP contribution >= 0.6 is 0 Å². The van der Waals surface area contributed by atoms with Gasteiger partial charge >= 0.3 is 0 Å². The van der Waals surface area contributed by atoms with Crippen molar-refractivity contribution in [1.29, 1.82) is 0 Å². The van der Waals surface area contributed by atoms with Crippen molar-refractivity contribution in [1.82, 2.24) is 0 Å². The van der Waals surface area contributed by atoms with E-state index in [9.17, 15) is 4.80 Å². The summed E-state index contributed by atoms with van der Waals surface area (Å²) in [6.45, 7) is 9.07. The van der Waals surface area contributed by atoms with E-state index >= 15 is 0 Å². The zero-order valence-electron chi connectivity index (χ0n) is 12.6. The van der Waals surface area contributed by atoms with E-state index in [2.05, 4.69) is 13.8 Å². The molecule has 0 spiro atoms. The molecule has 0 atom stereocenters. The Bertz CT molecular complexity index is 382. The molecule has 0 saturated heterocycles. The summed E-state index contributed by atoms with van der Waals surface area (Å²) in [5.74, 6) is 0.866. The first-order chi connectivity index (χ1) is 8.72. The van der Waals surface area contributed by atoms with Gasteiger partial charge in [-0.2, -0.15) is 0 Å². The Morgan fingerprint density at radius 3 is 2.26 bits per heavy atom. The second kappa shape index (κ2) is 6.62. The summed E-state index contributed by atoms with van der Waals surface area (Å²) < 4.78 is 5.65. The van der Waals surface area contributed by atoms with E-state index in [1.54, 1.807) is 0 Å². The Morgan fingerprint density at radius 2 is 1.74 bits per heavy atom. The van der Waals surface area contributed by atoms with Crippen molar-refractivity contribution in [2.24, 2.45) is 0 Å². The highest BCUT2D eigenvalue weighted by atomic mass is 28.4. The van der Waals surface area contributed by atoms with Gasteiger partial charge in [0.25, 0.3) is 0 Å². The van der Waals surface area contributed by atoms with Crippen LogP contribution in [-0.4, -0.2) is 27.6 Å². The minimum absolute atomic E-state index is 0.0637. The normalized spacial score (nSPS) is 12.5. The van der Waals surface area contributed by atoms with Crippen LogP contribution in [0.1, 0.15) is 33.1 Å². The first-order valence-corrected chi connectivity index (χ1v) is 9.88. The SMILES string of the molecule is [B]c1ccc(OCCCCC(C)(C)[Si](C)(C)O)cc1. The Morgan fingerprint density at radius 1 is 1.16 bits per heavy atom. The minimum Gasteiger partial charge on any atom is -0.494 e. The molecule has 1 aromatic rings. The predicted octanol–water partition coefficient (Wildman–Crippen LogP) is 3.01. The van der Waals surface area contributed by atoms with Gasteiger partial charge in [0.2, 0.25) is 0 Å². The third-order valence-corrected chi connectivity index (χ3v) is 7.56. The Kier molecular flexibility index (Phi) is 5.68. The standard InChI is InChI=1S/C15H25BO2Si/c1-15(2,19(3,4)17)11-5-6-12-18-14-9-7-13(16)8-10-14/h7-10,17H,5-6,11-12H2,1-4H3. The van der Waals surface area contributed by atoms with Crippen LogP contribution in [0.4, 0.5) is 0 Å². The number of ether oxygens (including phenoxy) is 1. The van der Waals surface area contributed by atoms with Crippen LogP contribution in [0.25, 0.3) is 0 Å². The van der Waals surface area contributed by atoms with Crippen LogP contribution in [0.3, 0.4) is 0 Å². The van der Waals surface area contributed by atoms with Crippen molar-refractivity contribution in [2.75, 3.05) is 6.61 Å². The number of benzene rings is 1. The quantitative estimate of drug-likeness (QED) is 0.613. The van der Waals surface area contributed by atoms with Gasteiger partial charge in [-0.1, -0.05) is 31.4 Å². The lowest BCUT2D eigenvalue weighted by atomic mass is 9.97. The van der Waals surface area contributed by atoms with Gasteiger partial charge in [0.15, 0.2) is 8.32 Å². The lowest BCUT2D eigenvalue weighted by Gasteiger charge is -2.35. The number of hydrogen-bond acceptors (Lipinski definition) is 2. The van der Waals surface area contributed by atoms with E-state index in [4.69, 9.17) is 12.6 Å². The highest BCUT2D eigenvalue weighted by Gasteiger charge is 2.37. The number of hydrogen-bond donors (Lipinski definition) is 1. The molecular weight excluding hydrogens is 251 g/mol. The maximum Gasteiger partial charge on any atom is 0.188 e. The molecule has 104 valence electrons. The first-order valence-electron chi connectivity index (χ1n) is 6.93. The average molecular weight is 276 g/mol.